The van der Waals surface area contributed by atoms with E-state index in [4.69, 9.17) is 12.2 Å². The molecule has 0 saturated heterocycles. The Morgan fingerprint density at radius 3 is 1.43 bits per heavy atom. The van der Waals surface area contributed by atoms with Crippen LogP contribution in [0.3, 0.4) is 0 Å². The first-order valence-corrected chi connectivity index (χ1v) is 14.5. The van der Waals surface area contributed by atoms with Crippen molar-refractivity contribution in [1.29, 1.82) is 0 Å². The summed E-state index contributed by atoms with van der Waals surface area (Å²) in [7, 11) is -8.93. The molecule has 40 heavy (non-hydrogen) atoms. The van der Waals surface area contributed by atoms with E-state index in [2.05, 4.69) is 31.0 Å². The van der Waals surface area contributed by atoms with Crippen LogP contribution >= 0.6 is 12.2 Å². The van der Waals surface area contributed by atoms with Crippen LogP contribution in [0, 0.1) is 0 Å². The number of hydrazone groups is 2. The van der Waals surface area contributed by atoms with Crippen LogP contribution in [0.1, 0.15) is 22.5 Å². The minimum atomic E-state index is -4.47. The first-order valence-electron chi connectivity index (χ1n) is 11.2. The Morgan fingerprint density at radius 1 is 0.650 bits per heavy atom. The number of aromatic nitrogens is 2. The van der Waals surface area contributed by atoms with Gasteiger partial charge in [0.15, 0.2) is 0 Å². The molecule has 0 aliphatic heterocycles. The van der Waals surface area contributed by atoms with Gasteiger partial charge in [-0.05, 0) is 60.7 Å². The maximum atomic E-state index is 11.7. The Balaban J connectivity index is 1.67. The summed E-state index contributed by atoms with van der Waals surface area (Å²) in [6, 6.07) is 21.1. The number of nitrogens with zero attached hydrogens (tertiary/aromatic N) is 4. The minimum absolute atomic E-state index is 0.0845. The zero-order valence-electron chi connectivity index (χ0n) is 20.3. The second-order valence-electron chi connectivity index (χ2n) is 7.91. The smallest absolute Gasteiger partial charge is 0.282 e. The molecule has 4 aromatic rings. The summed E-state index contributed by atoms with van der Waals surface area (Å²) in [5, 5.41) is 8.48. The van der Waals surface area contributed by atoms with Crippen molar-refractivity contribution in [2.75, 3.05) is 0 Å². The fourth-order valence-electron chi connectivity index (χ4n) is 3.39. The summed E-state index contributed by atoms with van der Waals surface area (Å²) in [6.45, 7) is 0. The van der Waals surface area contributed by atoms with E-state index in [0.29, 0.717) is 22.5 Å². The van der Waals surface area contributed by atoms with E-state index >= 15 is 0 Å². The van der Waals surface area contributed by atoms with E-state index in [0.717, 1.165) is 0 Å². The maximum Gasteiger partial charge on any atom is 0.294 e. The van der Waals surface area contributed by atoms with Crippen LogP contribution in [0.4, 0.5) is 0 Å². The molecule has 0 unspecified atom stereocenters. The molecule has 2 heterocycles. The molecule has 15 heteroatoms. The van der Waals surface area contributed by atoms with Gasteiger partial charge in [-0.15, -0.1) is 0 Å². The van der Waals surface area contributed by atoms with Gasteiger partial charge < -0.3 is 0 Å². The zero-order valence-corrected chi connectivity index (χ0v) is 22.7. The summed E-state index contributed by atoms with van der Waals surface area (Å²) in [4.78, 5) is 7.85. The molecule has 0 aliphatic rings. The van der Waals surface area contributed by atoms with Gasteiger partial charge in [-0.25, -0.2) is 0 Å². The molecule has 0 radical (unpaired) electrons. The lowest BCUT2D eigenvalue weighted by molar-refractivity contribution is 0.481. The lowest BCUT2D eigenvalue weighted by Gasteiger charge is -2.11. The van der Waals surface area contributed by atoms with Crippen molar-refractivity contribution in [2.45, 2.75) is 9.79 Å². The van der Waals surface area contributed by atoms with Crippen LogP contribution < -0.4 is 10.9 Å². The third-order valence-corrected chi connectivity index (χ3v) is 7.05. The lowest BCUT2D eigenvalue weighted by Crippen LogP contribution is -2.30. The predicted octanol–water partition coefficient (Wildman–Crippen LogP) is 2.64. The van der Waals surface area contributed by atoms with E-state index in [9.17, 15) is 25.9 Å². The number of rotatable bonds is 8. The summed E-state index contributed by atoms with van der Waals surface area (Å²) >= 11 is 5.31. The van der Waals surface area contributed by atoms with Crippen LogP contribution in [-0.4, -0.2) is 52.4 Å². The van der Waals surface area contributed by atoms with E-state index < -0.39 is 20.2 Å². The van der Waals surface area contributed by atoms with Crippen molar-refractivity contribution in [3.8, 4) is 0 Å². The highest BCUT2D eigenvalue weighted by atomic mass is 32.2. The third-order valence-electron chi connectivity index (χ3n) is 5.16. The number of hydrogen-bond donors (Lipinski definition) is 4. The molecular weight excluding hydrogens is 577 g/mol. The number of thiocarbonyl (C=S) groups is 1. The van der Waals surface area contributed by atoms with Crippen molar-refractivity contribution in [1.82, 2.24) is 20.8 Å². The lowest BCUT2D eigenvalue weighted by atomic mass is 10.1. The van der Waals surface area contributed by atoms with Crippen molar-refractivity contribution in [3.05, 3.63) is 120 Å². The molecule has 0 fully saturated rings. The summed E-state index contributed by atoms with van der Waals surface area (Å²) < 4.78 is 65.5. The molecule has 0 aliphatic carbocycles. The molecule has 0 amide bonds. The van der Waals surface area contributed by atoms with E-state index in [-0.39, 0.29) is 26.3 Å². The third kappa shape index (κ3) is 7.37. The van der Waals surface area contributed by atoms with Gasteiger partial charge in [-0.1, -0.05) is 36.4 Å². The SMILES string of the molecule is O=S(=O)(O)c1cccc(C(=NNC(=S)NN=C(c2cccc(S(=O)(=O)O)c2)c2ccccn2)c2ccccn2)c1. The van der Waals surface area contributed by atoms with E-state index in [1.54, 1.807) is 48.5 Å². The number of pyridine rings is 2. The molecule has 204 valence electrons. The Bertz CT molecular complexity index is 1680. The second-order valence-corrected chi connectivity index (χ2v) is 11.2. The fraction of sp³-hybridized carbons (Fsp3) is 0. The molecule has 4 rings (SSSR count). The van der Waals surface area contributed by atoms with Crippen molar-refractivity contribution in [3.63, 3.8) is 0 Å². The van der Waals surface area contributed by atoms with Gasteiger partial charge in [0.1, 0.15) is 11.4 Å². The molecule has 0 atom stereocenters. The molecule has 4 N–H and O–H groups in total. The monoisotopic (exact) mass is 596 g/mol. The second kappa shape index (κ2) is 12.2. The van der Waals surface area contributed by atoms with E-state index in [1.807, 2.05) is 0 Å². The predicted molar refractivity (Wildman–Crippen MR) is 151 cm³/mol. The van der Waals surface area contributed by atoms with Crippen LogP contribution in [0.15, 0.2) is 117 Å². The topological polar surface area (TPSA) is 183 Å². The zero-order chi connectivity index (χ0) is 28.8. The van der Waals surface area contributed by atoms with Gasteiger partial charge in [0.25, 0.3) is 20.2 Å². The quantitative estimate of drug-likeness (QED) is 0.101. The van der Waals surface area contributed by atoms with Crippen molar-refractivity contribution < 1.29 is 25.9 Å². The minimum Gasteiger partial charge on any atom is -0.282 e. The highest BCUT2D eigenvalue weighted by Crippen LogP contribution is 2.16. The van der Waals surface area contributed by atoms with Gasteiger partial charge >= 0.3 is 0 Å². The fourth-order valence-corrected chi connectivity index (χ4v) is 4.54. The maximum absolute atomic E-state index is 11.7. The number of benzene rings is 2. The summed E-state index contributed by atoms with van der Waals surface area (Å²) in [6.07, 6.45) is 3.05. The molecule has 0 spiro atoms. The average Bonchev–Trinajstić information content (AvgIpc) is 2.94. The Hall–Kier alpha value is -4.41. The van der Waals surface area contributed by atoms with Crippen molar-refractivity contribution >= 4 is 49.0 Å². The average molecular weight is 597 g/mol. The van der Waals surface area contributed by atoms with Crippen LogP contribution in [0.5, 0.6) is 0 Å². The normalized spacial score (nSPS) is 12.6. The van der Waals surface area contributed by atoms with Gasteiger partial charge in [-0.2, -0.15) is 27.0 Å². The highest BCUT2D eigenvalue weighted by molar-refractivity contribution is 7.86. The van der Waals surface area contributed by atoms with E-state index in [1.165, 1.54) is 48.8 Å². The Morgan fingerprint density at radius 2 is 1.07 bits per heavy atom. The molecule has 2 aromatic carbocycles. The summed E-state index contributed by atoms with van der Waals surface area (Å²) in [5.41, 5.74) is 7.08. The van der Waals surface area contributed by atoms with Gasteiger partial charge in [-0.3, -0.25) is 29.9 Å². The number of nitrogens with one attached hydrogen (secondary N) is 2. The molecule has 12 nitrogen and oxygen atoms in total. The standard InChI is InChI=1S/C25H20N6O6S3/c32-39(33,34)19-9-5-7-17(15-19)23(21-11-1-3-13-26-21)28-30-25(38)31-29-24(22-12-2-4-14-27-22)18-8-6-10-20(16-18)40(35,36)37/h1-16H,(H2,30,31,38)(H,32,33,34)(H,35,36,37). The first-order chi connectivity index (χ1) is 19.0. The van der Waals surface area contributed by atoms with Crippen LogP contribution in [-0.2, 0) is 20.2 Å². The first kappa shape index (κ1) is 28.6. The van der Waals surface area contributed by atoms with Gasteiger partial charge in [0.05, 0.1) is 21.2 Å². The molecule has 0 saturated carbocycles. The Labute approximate surface area is 235 Å². The highest BCUT2D eigenvalue weighted by Gasteiger charge is 2.16. The number of hydrogen-bond acceptors (Lipinski definition) is 9. The largest absolute Gasteiger partial charge is 0.294 e. The molecule has 0 bridgehead atoms. The summed E-state index contributed by atoms with van der Waals surface area (Å²) in [5.74, 6) is 0. The van der Waals surface area contributed by atoms with Gasteiger partial charge in [0.2, 0.25) is 5.11 Å². The van der Waals surface area contributed by atoms with Gasteiger partial charge in [0, 0.05) is 23.5 Å². The molecular formula is C25H20N6O6S3. The van der Waals surface area contributed by atoms with Crippen LogP contribution in [0.2, 0.25) is 0 Å². The van der Waals surface area contributed by atoms with Crippen LogP contribution in [0.25, 0.3) is 0 Å². The van der Waals surface area contributed by atoms with Crippen molar-refractivity contribution in [2.24, 2.45) is 10.2 Å². The Kier molecular flexibility index (Phi) is 8.71. The molecule has 2 aromatic heterocycles.